The molecule has 0 aromatic carbocycles. The van der Waals surface area contributed by atoms with Gasteiger partial charge in [0.15, 0.2) is 0 Å². The Labute approximate surface area is 110 Å². The molecule has 0 unspecified atom stereocenters. The van der Waals surface area contributed by atoms with Crippen LogP contribution in [-0.4, -0.2) is 47.7 Å². The Kier molecular flexibility index (Phi) is 4.90. The molecule has 0 amide bonds. The van der Waals surface area contributed by atoms with Crippen molar-refractivity contribution in [1.82, 2.24) is 14.9 Å². The van der Waals surface area contributed by atoms with Gasteiger partial charge in [0.2, 0.25) is 11.8 Å². The molecule has 1 rings (SSSR count). The summed E-state index contributed by atoms with van der Waals surface area (Å²) in [5.41, 5.74) is 0.942. The lowest BCUT2D eigenvalue weighted by Gasteiger charge is -2.32. The number of nitrogens with one attached hydrogen (secondary N) is 1. The van der Waals surface area contributed by atoms with Crippen molar-refractivity contribution in [3.8, 4) is 5.88 Å². The molecule has 1 N–H and O–H groups in total. The van der Waals surface area contributed by atoms with E-state index in [4.69, 9.17) is 4.74 Å². The van der Waals surface area contributed by atoms with E-state index in [0.29, 0.717) is 18.4 Å². The molecular formula is C13H24N4O. The average Bonchev–Trinajstić information content (AvgIpc) is 2.26. The SMILES string of the molecule is CCOc1cc(C)nc(NCC(C)(C)N(C)C)n1. The minimum absolute atomic E-state index is 0.0406. The summed E-state index contributed by atoms with van der Waals surface area (Å²) >= 11 is 0. The van der Waals surface area contributed by atoms with Crippen LogP contribution in [0.1, 0.15) is 26.5 Å². The summed E-state index contributed by atoms with van der Waals surface area (Å²) in [4.78, 5) is 10.8. The molecular weight excluding hydrogens is 228 g/mol. The largest absolute Gasteiger partial charge is 0.478 e. The van der Waals surface area contributed by atoms with Crippen LogP contribution in [0, 0.1) is 6.92 Å². The first-order valence-electron chi connectivity index (χ1n) is 6.25. The lowest BCUT2D eigenvalue weighted by atomic mass is 10.1. The van der Waals surface area contributed by atoms with Crippen LogP contribution in [0.4, 0.5) is 5.95 Å². The first-order valence-corrected chi connectivity index (χ1v) is 6.25. The van der Waals surface area contributed by atoms with Crippen molar-refractivity contribution in [3.63, 3.8) is 0 Å². The first-order chi connectivity index (χ1) is 8.35. The van der Waals surface area contributed by atoms with Crippen LogP contribution in [0.2, 0.25) is 0 Å². The molecule has 0 atom stereocenters. The van der Waals surface area contributed by atoms with E-state index in [9.17, 15) is 0 Å². The summed E-state index contributed by atoms with van der Waals surface area (Å²) in [7, 11) is 4.12. The molecule has 0 saturated carbocycles. The summed E-state index contributed by atoms with van der Waals surface area (Å²) in [6.45, 7) is 9.60. The normalized spacial score (nSPS) is 11.7. The van der Waals surface area contributed by atoms with Gasteiger partial charge in [0, 0.05) is 23.8 Å². The molecule has 0 saturated heterocycles. The van der Waals surface area contributed by atoms with E-state index in [0.717, 1.165) is 12.2 Å². The second-order valence-corrected chi connectivity index (χ2v) is 5.16. The maximum atomic E-state index is 5.41. The zero-order valence-corrected chi connectivity index (χ0v) is 12.2. The van der Waals surface area contributed by atoms with Crippen molar-refractivity contribution in [2.75, 3.05) is 32.6 Å². The van der Waals surface area contributed by atoms with Crippen LogP contribution in [0.15, 0.2) is 6.07 Å². The fourth-order valence-electron chi connectivity index (χ4n) is 1.29. The van der Waals surface area contributed by atoms with Crippen molar-refractivity contribution in [2.24, 2.45) is 0 Å². The fraction of sp³-hybridized carbons (Fsp3) is 0.692. The van der Waals surface area contributed by atoms with Crippen LogP contribution in [0.5, 0.6) is 5.88 Å². The van der Waals surface area contributed by atoms with Gasteiger partial charge in [-0.1, -0.05) is 0 Å². The Morgan fingerprint density at radius 3 is 2.56 bits per heavy atom. The molecule has 0 radical (unpaired) electrons. The standard InChI is InChI=1S/C13H24N4O/c1-7-18-11-8-10(2)15-12(16-11)14-9-13(3,4)17(5)6/h8H,7,9H2,1-6H3,(H,14,15,16). The predicted molar refractivity (Wildman–Crippen MR) is 74.2 cm³/mol. The van der Waals surface area contributed by atoms with Crippen LogP contribution < -0.4 is 10.1 Å². The molecule has 18 heavy (non-hydrogen) atoms. The average molecular weight is 252 g/mol. The van der Waals surface area contributed by atoms with E-state index >= 15 is 0 Å². The highest BCUT2D eigenvalue weighted by atomic mass is 16.5. The third-order valence-corrected chi connectivity index (χ3v) is 3.01. The number of likely N-dealkylation sites (N-methyl/N-ethyl adjacent to an activating group) is 1. The monoisotopic (exact) mass is 252 g/mol. The molecule has 0 aliphatic carbocycles. The number of anilines is 1. The Morgan fingerprint density at radius 1 is 1.33 bits per heavy atom. The number of hydrogen-bond acceptors (Lipinski definition) is 5. The lowest BCUT2D eigenvalue weighted by molar-refractivity contribution is 0.209. The maximum absolute atomic E-state index is 5.41. The fourth-order valence-corrected chi connectivity index (χ4v) is 1.29. The van der Waals surface area contributed by atoms with Gasteiger partial charge in [-0.2, -0.15) is 4.98 Å². The highest BCUT2D eigenvalue weighted by Crippen LogP contribution is 2.14. The summed E-state index contributed by atoms with van der Waals surface area (Å²) < 4.78 is 5.41. The molecule has 5 heteroatoms. The summed E-state index contributed by atoms with van der Waals surface area (Å²) in [5, 5.41) is 3.26. The number of nitrogens with zero attached hydrogens (tertiary/aromatic N) is 3. The Hall–Kier alpha value is -1.36. The number of aryl methyl sites for hydroxylation is 1. The van der Waals surface area contributed by atoms with Crippen LogP contribution >= 0.6 is 0 Å². The summed E-state index contributed by atoms with van der Waals surface area (Å²) in [5.74, 6) is 1.24. The molecule has 0 fully saturated rings. The van der Waals surface area contributed by atoms with Crippen molar-refractivity contribution in [2.45, 2.75) is 33.2 Å². The van der Waals surface area contributed by atoms with Gasteiger partial charge >= 0.3 is 0 Å². The van der Waals surface area contributed by atoms with E-state index < -0.39 is 0 Å². The topological polar surface area (TPSA) is 50.3 Å². The van der Waals surface area contributed by atoms with E-state index in [2.05, 4.69) is 48.1 Å². The Morgan fingerprint density at radius 2 is 2.00 bits per heavy atom. The van der Waals surface area contributed by atoms with Gasteiger partial charge in [0.25, 0.3) is 0 Å². The summed E-state index contributed by atoms with van der Waals surface area (Å²) in [6, 6.07) is 1.84. The zero-order valence-electron chi connectivity index (χ0n) is 12.2. The first kappa shape index (κ1) is 14.7. The molecule has 0 spiro atoms. The van der Waals surface area contributed by atoms with Crippen molar-refractivity contribution in [3.05, 3.63) is 11.8 Å². The van der Waals surface area contributed by atoms with Crippen LogP contribution in [0.3, 0.4) is 0 Å². The molecule has 5 nitrogen and oxygen atoms in total. The number of rotatable bonds is 6. The van der Waals surface area contributed by atoms with Gasteiger partial charge in [0.05, 0.1) is 6.61 Å². The van der Waals surface area contributed by atoms with Gasteiger partial charge in [-0.15, -0.1) is 0 Å². The van der Waals surface area contributed by atoms with Gasteiger partial charge in [-0.25, -0.2) is 4.98 Å². The highest BCUT2D eigenvalue weighted by molar-refractivity contribution is 5.31. The second kappa shape index (κ2) is 6.00. The quantitative estimate of drug-likeness (QED) is 0.838. The number of aromatic nitrogens is 2. The second-order valence-electron chi connectivity index (χ2n) is 5.16. The van der Waals surface area contributed by atoms with E-state index in [1.54, 1.807) is 0 Å². The Balaban J connectivity index is 2.73. The molecule has 1 aromatic heterocycles. The molecule has 102 valence electrons. The third kappa shape index (κ3) is 4.14. The smallest absolute Gasteiger partial charge is 0.226 e. The number of ether oxygens (including phenoxy) is 1. The third-order valence-electron chi connectivity index (χ3n) is 3.01. The predicted octanol–water partition coefficient (Wildman–Crippen LogP) is 1.94. The van der Waals surface area contributed by atoms with Crippen molar-refractivity contribution in [1.29, 1.82) is 0 Å². The van der Waals surface area contributed by atoms with Crippen molar-refractivity contribution < 1.29 is 4.74 Å². The molecule has 1 aromatic rings. The minimum Gasteiger partial charge on any atom is -0.478 e. The number of hydrogen-bond donors (Lipinski definition) is 1. The van der Waals surface area contributed by atoms with Crippen LogP contribution in [-0.2, 0) is 0 Å². The Bertz CT molecular complexity index is 391. The zero-order chi connectivity index (χ0) is 13.8. The van der Waals surface area contributed by atoms with Gasteiger partial charge in [-0.3, -0.25) is 0 Å². The molecule has 0 bridgehead atoms. The van der Waals surface area contributed by atoms with E-state index in [1.165, 1.54) is 0 Å². The highest BCUT2D eigenvalue weighted by Gasteiger charge is 2.20. The molecule has 0 aliphatic heterocycles. The van der Waals surface area contributed by atoms with Gasteiger partial charge < -0.3 is 15.0 Å². The molecule has 0 aliphatic rings. The van der Waals surface area contributed by atoms with Gasteiger partial charge in [-0.05, 0) is 41.8 Å². The minimum atomic E-state index is 0.0406. The summed E-state index contributed by atoms with van der Waals surface area (Å²) in [6.07, 6.45) is 0. The van der Waals surface area contributed by atoms with Gasteiger partial charge in [0.1, 0.15) is 0 Å². The lowest BCUT2D eigenvalue weighted by Crippen LogP contribution is -2.44. The maximum Gasteiger partial charge on any atom is 0.226 e. The van der Waals surface area contributed by atoms with E-state index in [-0.39, 0.29) is 5.54 Å². The van der Waals surface area contributed by atoms with Crippen molar-refractivity contribution >= 4 is 5.95 Å². The van der Waals surface area contributed by atoms with Crippen LogP contribution in [0.25, 0.3) is 0 Å². The molecule has 1 heterocycles. The van der Waals surface area contributed by atoms with E-state index in [1.807, 2.05) is 19.9 Å².